The lowest BCUT2D eigenvalue weighted by Crippen LogP contribution is -2.29. The van der Waals surface area contributed by atoms with Crippen LogP contribution in [0, 0.1) is 5.82 Å². The Morgan fingerprint density at radius 2 is 2.17 bits per heavy atom. The van der Waals surface area contributed by atoms with Gasteiger partial charge >= 0.3 is 0 Å². The third-order valence-corrected chi connectivity index (χ3v) is 3.31. The Kier molecular flexibility index (Phi) is 4.18. The standard InChI is InChI=1S/C14H18FNO2/c1-18-13-8-7-10(9-11(13)15)12-5-3-2-4-6-14(17)16-12/h7-9,12H,2-6H2,1H3,(H,16,17). The molecule has 0 bridgehead atoms. The number of hydrogen-bond donors (Lipinski definition) is 1. The lowest BCUT2D eigenvalue weighted by Gasteiger charge is -2.22. The van der Waals surface area contributed by atoms with E-state index in [1.807, 2.05) is 6.07 Å². The van der Waals surface area contributed by atoms with E-state index in [2.05, 4.69) is 5.32 Å². The van der Waals surface area contributed by atoms with E-state index in [-0.39, 0.29) is 23.5 Å². The van der Waals surface area contributed by atoms with Crippen LogP contribution in [-0.4, -0.2) is 13.0 Å². The lowest BCUT2D eigenvalue weighted by atomic mass is 9.97. The number of halogens is 1. The molecule has 0 aromatic heterocycles. The van der Waals surface area contributed by atoms with E-state index in [0.29, 0.717) is 6.42 Å². The predicted octanol–water partition coefficient (Wildman–Crippen LogP) is 2.96. The van der Waals surface area contributed by atoms with E-state index in [9.17, 15) is 9.18 Å². The molecule has 1 aromatic rings. The second-order valence-electron chi connectivity index (χ2n) is 4.61. The van der Waals surface area contributed by atoms with Crippen molar-refractivity contribution < 1.29 is 13.9 Å². The summed E-state index contributed by atoms with van der Waals surface area (Å²) in [7, 11) is 1.44. The summed E-state index contributed by atoms with van der Waals surface area (Å²) < 4.78 is 18.5. The molecule has 0 spiro atoms. The van der Waals surface area contributed by atoms with Gasteiger partial charge < -0.3 is 10.1 Å². The van der Waals surface area contributed by atoms with Crippen LogP contribution in [-0.2, 0) is 4.79 Å². The monoisotopic (exact) mass is 251 g/mol. The normalized spacial score (nSPS) is 20.8. The molecule has 0 radical (unpaired) electrons. The third kappa shape index (κ3) is 3.00. The number of carbonyl (C=O) groups is 1. The molecule has 1 N–H and O–H groups in total. The fraction of sp³-hybridized carbons (Fsp3) is 0.500. The van der Waals surface area contributed by atoms with Gasteiger partial charge in [0.25, 0.3) is 0 Å². The summed E-state index contributed by atoms with van der Waals surface area (Å²) in [5, 5.41) is 2.95. The van der Waals surface area contributed by atoms with E-state index in [4.69, 9.17) is 4.74 Å². The Morgan fingerprint density at radius 3 is 2.89 bits per heavy atom. The summed E-state index contributed by atoms with van der Waals surface area (Å²) in [5.74, 6) is -0.0989. The van der Waals surface area contributed by atoms with Gasteiger partial charge in [0, 0.05) is 6.42 Å². The van der Waals surface area contributed by atoms with Crippen LogP contribution >= 0.6 is 0 Å². The molecular formula is C14H18FNO2. The van der Waals surface area contributed by atoms with E-state index in [0.717, 1.165) is 31.2 Å². The summed E-state index contributed by atoms with van der Waals surface area (Å²) in [6, 6.07) is 4.79. The van der Waals surface area contributed by atoms with Gasteiger partial charge in [-0.1, -0.05) is 18.9 Å². The lowest BCUT2D eigenvalue weighted by molar-refractivity contribution is -0.122. The van der Waals surface area contributed by atoms with Gasteiger partial charge in [0.05, 0.1) is 13.2 Å². The maximum Gasteiger partial charge on any atom is 0.220 e. The number of benzene rings is 1. The molecule has 1 aromatic carbocycles. The predicted molar refractivity (Wildman–Crippen MR) is 66.9 cm³/mol. The molecule has 1 heterocycles. The molecular weight excluding hydrogens is 233 g/mol. The Hall–Kier alpha value is -1.58. The summed E-state index contributed by atoms with van der Waals surface area (Å²) >= 11 is 0. The van der Waals surface area contributed by atoms with Gasteiger partial charge in [0.1, 0.15) is 0 Å². The van der Waals surface area contributed by atoms with E-state index in [1.165, 1.54) is 13.2 Å². The SMILES string of the molecule is COc1ccc(C2CCCCCC(=O)N2)cc1F. The molecule has 1 saturated heterocycles. The highest BCUT2D eigenvalue weighted by Gasteiger charge is 2.18. The fourth-order valence-electron chi connectivity index (χ4n) is 2.30. The molecule has 0 saturated carbocycles. The molecule has 98 valence electrons. The van der Waals surface area contributed by atoms with Gasteiger partial charge in [-0.2, -0.15) is 0 Å². The average molecular weight is 251 g/mol. The van der Waals surface area contributed by atoms with E-state index < -0.39 is 0 Å². The Labute approximate surface area is 106 Å². The molecule has 1 amide bonds. The van der Waals surface area contributed by atoms with Crippen molar-refractivity contribution >= 4 is 5.91 Å². The largest absolute Gasteiger partial charge is 0.494 e. The second kappa shape index (κ2) is 5.85. The molecule has 1 aliphatic heterocycles. The van der Waals surface area contributed by atoms with Crippen LogP contribution in [0.5, 0.6) is 5.75 Å². The molecule has 1 unspecified atom stereocenters. The molecule has 18 heavy (non-hydrogen) atoms. The molecule has 1 aliphatic rings. The zero-order chi connectivity index (χ0) is 13.0. The molecule has 4 heteroatoms. The quantitative estimate of drug-likeness (QED) is 0.877. The van der Waals surface area contributed by atoms with Gasteiger partial charge in [-0.15, -0.1) is 0 Å². The van der Waals surface area contributed by atoms with Crippen LogP contribution in [0.1, 0.15) is 43.7 Å². The Morgan fingerprint density at radius 1 is 1.33 bits per heavy atom. The molecule has 0 aliphatic carbocycles. The number of nitrogens with one attached hydrogen (secondary N) is 1. The molecule has 3 nitrogen and oxygen atoms in total. The minimum Gasteiger partial charge on any atom is -0.494 e. The van der Waals surface area contributed by atoms with Crippen LogP contribution in [0.15, 0.2) is 18.2 Å². The summed E-state index contributed by atoms with van der Waals surface area (Å²) in [5.41, 5.74) is 0.809. The Balaban J connectivity index is 2.17. The van der Waals surface area contributed by atoms with E-state index >= 15 is 0 Å². The first-order valence-corrected chi connectivity index (χ1v) is 6.33. The van der Waals surface area contributed by atoms with Crippen molar-refractivity contribution in [1.82, 2.24) is 5.32 Å². The number of ether oxygens (including phenoxy) is 1. The summed E-state index contributed by atoms with van der Waals surface area (Å²) in [6.07, 6.45) is 4.48. The van der Waals surface area contributed by atoms with Crippen molar-refractivity contribution in [3.8, 4) is 5.75 Å². The van der Waals surface area contributed by atoms with Crippen molar-refractivity contribution in [2.75, 3.05) is 7.11 Å². The maximum atomic E-state index is 13.6. The van der Waals surface area contributed by atoms with Crippen LogP contribution in [0.2, 0.25) is 0 Å². The molecule has 1 atom stereocenters. The summed E-state index contributed by atoms with van der Waals surface area (Å²) in [6.45, 7) is 0. The maximum absolute atomic E-state index is 13.6. The van der Waals surface area contributed by atoms with Crippen LogP contribution in [0.25, 0.3) is 0 Å². The Bertz CT molecular complexity index is 434. The second-order valence-corrected chi connectivity index (χ2v) is 4.61. The van der Waals surface area contributed by atoms with Crippen LogP contribution in [0.4, 0.5) is 4.39 Å². The minimum atomic E-state index is -0.383. The molecule has 2 rings (SSSR count). The van der Waals surface area contributed by atoms with Gasteiger partial charge in [0.15, 0.2) is 11.6 Å². The zero-order valence-electron chi connectivity index (χ0n) is 10.5. The van der Waals surface area contributed by atoms with Crippen molar-refractivity contribution in [1.29, 1.82) is 0 Å². The average Bonchev–Trinajstić information content (AvgIpc) is 2.33. The highest BCUT2D eigenvalue weighted by Crippen LogP contribution is 2.26. The van der Waals surface area contributed by atoms with Crippen molar-refractivity contribution in [3.05, 3.63) is 29.6 Å². The van der Waals surface area contributed by atoms with E-state index in [1.54, 1.807) is 6.07 Å². The minimum absolute atomic E-state index is 0.0518. The fourth-order valence-corrected chi connectivity index (χ4v) is 2.30. The third-order valence-electron chi connectivity index (χ3n) is 3.31. The smallest absolute Gasteiger partial charge is 0.220 e. The van der Waals surface area contributed by atoms with Crippen molar-refractivity contribution in [2.45, 2.75) is 38.1 Å². The molecule has 1 fully saturated rings. The number of carbonyl (C=O) groups excluding carboxylic acids is 1. The highest BCUT2D eigenvalue weighted by atomic mass is 19.1. The number of hydrogen-bond acceptors (Lipinski definition) is 2. The van der Waals surface area contributed by atoms with Gasteiger partial charge in [-0.3, -0.25) is 4.79 Å². The topological polar surface area (TPSA) is 38.3 Å². The van der Waals surface area contributed by atoms with Gasteiger partial charge in [0.2, 0.25) is 5.91 Å². The highest BCUT2D eigenvalue weighted by molar-refractivity contribution is 5.76. The van der Waals surface area contributed by atoms with Gasteiger partial charge in [-0.05, 0) is 30.5 Å². The first-order chi connectivity index (χ1) is 8.70. The van der Waals surface area contributed by atoms with Crippen molar-refractivity contribution in [2.24, 2.45) is 0 Å². The van der Waals surface area contributed by atoms with Gasteiger partial charge in [-0.25, -0.2) is 4.39 Å². The number of rotatable bonds is 2. The van der Waals surface area contributed by atoms with Crippen molar-refractivity contribution in [3.63, 3.8) is 0 Å². The van der Waals surface area contributed by atoms with Crippen LogP contribution < -0.4 is 10.1 Å². The van der Waals surface area contributed by atoms with Crippen LogP contribution in [0.3, 0.4) is 0 Å². The number of methoxy groups -OCH3 is 1. The number of amides is 1. The zero-order valence-corrected chi connectivity index (χ0v) is 10.5. The first-order valence-electron chi connectivity index (χ1n) is 6.33. The first kappa shape index (κ1) is 12.9. The summed E-state index contributed by atoms with van der Waals surface area (Å²) in [4.78, 5) is 11.6.